The molecule has 174 valence electrons. The molecule has 0 saturated carbocycles. The molecule has 1 aliphatic carbocycles. The Morgan fingerprint density at radius 3 is 2.49 bits per heavy atom. The van der Waals surface area contributed by atoms with E-state index in [-0.39, 0.29) is 18.9 Å². The smallest absolute Gasteiger partial charge is 0.230 e. The van der Waals surface area contributed by atoms with Crippen molar-refractivity contribution in [1.29, 1.82) is 0 Å². The highest BCUT2D eigenvalue weighted by Crippen LogP contribution is 2.34. The van der Waals surface area contributed by atoms with Crippen molar-refractivity contribution in [2.24, 2.45) is 0 Å². The quantitative estimate of drug-likeness (QED) is 0.331. The molecule has 35 heavy (non-hydrogen) atoms. The number of aliphatic hydroxyl groups excluding tert-OH is 1. The van der Waals surface area contributed by atoms with Gasteiger partial charge in [-0.1, -0.05) is 82.7 Å². The molecule has 0 bridgehead atoms. The first-order valence-corrected chi connectivity index (χ1v) is 12.3. The molecular weight excluding hydrogens is 502 g/mol. The van der Waals surface area contributed by atoms with Gasteiger partial charge in [0, 0.05) is 10.0 Å². The third-order valence-corrected chi connectivity index (χ3v) is 6.53. The van der Waals surface area contributed by atoms with Gasteiger partial charge in [-0.3, -0.25) is 4.79 Å². The Labute approximate surface area is 212 Å². The summed E-state index contributed by atoms with van der Waals surface area (Å²) in [6, 6.07) is 23.6. The van der Waals surface area contributed by atoms with Gasteiger partial charge in [-0.2, -0.15) is 0 Å². The van der Waals surface area contributed by atoms with E-state index in [2.05, 4.69) is 21.2 Å². The molecule has 5 nitrogen and oxygen atoms in total. The van der Waals surface area contributed by atoms with E-state index in [9.17, 15) is 9.90 Å². The number of nitrogens with one attached hydrogen (secondary N) is 1. The van der Waals surface area contributed by atoms with E-state index in [1.165, 1.54) is 0 Å². The minimum Gasteiger partial charge on any atom is -0.392 e. The largest absolute Gasteiger partial charge is 0.392 e. The number of aromatic nitrogens is 2. The van der Waals surface area contributed by atoms with E-state index in [1.807, 2.05) is 84.9 Å². The molecule has 1 amide bonds. The van der Waals surface area contributed by atoms with Crippen molar-refractivity contribution in [2.75, 3.05) is 5.32 Å². The summed E-state index contributed by atoms with van der Waals surface area (Å²) in [6.07, 6.45) is 5.66. The molecule has 2 N–H and O–H groups in total. The van der Waals surface area contributed by atoms with Crippen LogP contribution in [0.25, 0.3) is 23.4 Å². The molecule has 0 saturated heterocycles. The Morgan fingerprint density at radius 2 is 1.71 bits per heavy atom. The third-order valence-electron chi connectivity index (χ3n) is 6.00. The minimum absolute atomic E-state index is 0.0141. The van der Waals surface area contributed by atoms with Gasteiger partial charge in [0.15, 0.2) is 5.82 Å². The van der Waals surface area contributed by atoms with Crippen molar-refractivity contribution in [2.45, 2.75) is 25.9 Å². The first-order valence-electron chi connectivity index (χ1n) is 11.5. The second-order valence-corrected chi connectivity index (χ2v) is 9.41. The third kappa shape index (κ3) is 5.39. The van der Waals surface area contributed by atoms with Gasteiger partial charge >= 0.3 is 0 Å². The lowest BCUT2D eigenvalue weighted by molar-refractivity contribution is -0.115. The van der Waals surface area contributed by atoms with Gasteiger partial charge in [-0.15, -0.1) is 0 Å². The van der Waals surface area contributed by atoms with Gasteiger partial charge < -0.3 is 10.4 Å². The second kappa shape index (κ2) is 10.3. The number of carbonyl (C=O) groups is 1. The van der Waals surface area contributed by atoms with Gasteiger partial charge in [0.2, 0.25) is 5.91 Å². The number of anilines is 1. The summed E-state index contributed by atoms with van der Waals surface area (Å²) in [5, 5.41) is 12.5. The number of carbonyl (C=O) groups excluding carboxylic acids is 1. The minimum atomic E-state index is -0.139. The fourth-order valence-electron chi connectivity index (χ4n) is 4.22. The molecule has 0 fully saturated rings. The van der Waals surface area contributed by atoms with Crippen LogP contribution in [0, 0.1) is 0 Å². The molecule has 4 aromatic rings. The molecule has 0 aliphatic heterocycles. The Morgan fingerprint density at radius 1 is 0.943 bits per heavy atom. The van der Waals surface area contributed by atoms with Crippen molar-refractivity contribution >= 4 is 39.8 Å². The predicted octanol–water partition coefficient (Wildman–Crippen LogP) is 5.85. The highest BCUT2D eigenvalue weighted by atomic mass is 79.9. The maximum Gasteiger partial charge on any atom is 0.230 e. The lowest BCUT2D eigenvalue weighted by Gasteiger charge is -2.21. The number of aliphatic hydroxyl groups is 1. The van der Waals surface area contributed by atoms with E-state index in [1.54, 1.807) is 0 Å². The van der Waals surface area contributed by atoms with Crippen LogP contribution >= 0.6 is 15.9 Å². The number of hydrogen-bond acceptors (Lipinski definition) is 4. The highest BCUT2D eigenvalue weighted by molar-refractivity contribution is 9.10. The fourth-order valence-corrected chi connectivity index (χ4v) is 4.49. The molecule has 1 aliphatic rings. The van der Waals surface area contributed by atoms with Crippen molar-refractivity contribution < 1.29 is 9.90 Å². The second-order valence-electron chi connectivity index (χ2n) is 8.50. The Hall–Kier alpha value is -3.61. The predicted molar refractivity (Wildman–Crippen MR) is 143 cm³/mol. The lowest BCUT2D eigenvalue weighted by Crippen LogP contribution is -2.19. The van der Waals surface area contributed by atoms with Crippen LogP contribution in [0.4, 0.5) is 5.82 Å². The van der Waals surface area contributed by atoms with Crippen molar-refractivity contribution in [3.8, 4) is 11.3 Å². The molecule has 1 heterocycles. The average molecular weight is 526 g/mol. The maximum absolute atomic E-state index is 12.9. The summed E-state index contributed by atoms with van der Waals surface area (Å²) in [5.41, 5.74) is 7.33. The summed E-state index contributed by atoms with van der Waals surface area (Å²) in [4.78, 5) is 22.7. The first kappa shape index (κ1) is 23.1. The number of rotatable bonds is 6. The van der Waals surface area contributed by atoms with Crippen LogP contribution in [-0.4, -0.2) is 21.0 Å². The summed E-state index contributed by atoms with van der Waals surface area (Å²) in [7, 11) is 0. The number of amides is 1. The van der Waals surface area contributed by atoms with Gasteiger partial charge in [-0.05, 0) is 53.3 Å². The van der Waals surface area contributed by atoms with Crippen LogP contribution in [0.1, 0.15) is 33.6 Å². The van der Waals surface area contributed by atoms with Crippen molar-refractivity contribution in [3.63, 3.8) is 0 Å². The average Bonchev–Trinajstić information content (AvgIpc) is 2.89. The number of halogens is 1. The molecule has 0 atom stereocenters. The van der Waals surface area contributed by atoms with Crippen LogP contribution in [0.2, 0.25) is 0 Å². The zero-order chi connectivity index (χ0) is 24.2. The Balaban J connectivity index is 1.50. The molecule has 5 rings (SSSR count). The maximum atomic E-state index is 12.9. The van der Waals surface area contributed by atoms with Crippen LogP contribution in [0.5, 0.6) is 0 Å². The summed E-state index contributed by atoms with van der Waals surface area (Å²) >= 11 is 3.43. The summed E-state index contributed by atoms with van der Waals surface area (Å²) < 4.78 is 0.974. The van der Waals surface area contributed by atoms with Crippen LogP contribution < -0.4 is 5.32 Å². The van der Waals surface area contributed by atoms with E-state index < -0.39 is 0 Å². The monoisotopic (exact) mass is 525 g/mol. The summed E-state index contributed by atoms with van der Waals surface area (Å²) in [6.45, 7) is 0.0141. The highest BCUT2D eigenvalue weighted by Gasteiger charge is 2.22. The number of aryl methyl sites for hydroxylation is 2. The molecule has 0 unspecified atom stereocenters. The van der Waals surface area contributed by atoms with Gasteiger partial charge in [0.05, 0.1) is 24.4 Å². The van der Waals surface area contributed by atoms with Gasteiger partial charge in [0.25, 0.3) is 0 Å². The lowest BCUT2D eigenvalue weighted by atomic mass is 9.90. The van der Waals surface area contributed by atoms with Crippen LogP contribution in [0.3, 0.4) is 0 Å². The van der Waals surface area contributed by atoms with E-state index in [0.717, 1.165) is 56.5 Å². The fraction of sp³-hybridized carbons (Fsp3) is 0.138. The number of nitrogens with zero attached hydrogens (tertiary/aromatic N) is 2. The topological polar surface area (TPSA) is 75.1 Å². The Bertz CT molecular complexity index is 1400. The number of benzene rings is 3. The molecular formula is C29H24BrN3O2. The van der Waals surface area contributed by atoms with E-state index in [4.69, 9.17) is 9.97 Å². The molecule has 3 aromatic carbocycles. The van der Waals surface area contributed by atoms with E-state index in [0.29, 0.717) is 11.5 Å². The van der Waals surface area contributed by atoms with Crippen LogP contribution in [-0.2, 0) is 30.7 Å². The molecule has 6 heteroatoms. The Kier molecular flexibility index (Phi) is 6.84. The zero-order valence-electron chi connectivity index (χ0n) is 19.0. The summed E-state index contributed by atoms with van der Waals surface area (Å²) in [5.74, 6) is 0.327. The zero-order valence-corrected chi connectivity index (χ0v) is 20.6. The SMILES string of the molecule is O=C(Cc1ccc(Br)cc1)Nc1nc2c(nc1/C=C/c1ccccc1)-c1ccc(CO)cc1CC2. The number of fused-ring (bicyclic) bond motifs is 3. The van der Waals surface area contributed by atoms with E-state index >= 15 is 0 Å². The van der Waals surface area contributed by atoms with Crippen LogP contribution in [0.15, 0.2) is 77.3 Å². The van der Waals surface area contributed by atoms with Crippen molar-refractivity contribution in [1.82, 2.24) is 9.97 Å². The van der Waals surface area contributed by atoms with Crippen molar-refractivity contribution in [3.05, 3.63) is 111 Å². The first-order chi connectivity index (χ1) is 17.1. The molecule has 0 radical (unpaired) electrons. The standard InChI is InChI=1S/C29H24BrN3O2/c30-23-11-6-20(7-12-23)17-27(35)33-29-26(14-9-19-4-2-1-3-5-19)31-28-24-13-8-21(18-34)16-22(24)10-15-25(28)32-29/h1-9,11-14,16,34H,10,15,17-18H2,(H,32,33,35)/b14-9+. The van der Waals surface area contributed by atoms with Gasteiger partial charge in [-0.25, -0.2) is 9.97 Å². The normalized spacial score (nSPS) is 12.3. The molecule has 0 spiro atoms. The van der Waals surface area contributed by atoms with Gasteiger partial charge in [0.1, 0.15) is 5.69 Å². The number of hydrogen-bond donors (Lipinski definition) is 2. The molecule has 1 aromatic heterocycles.